The molecule has 6 nitrogen and oxygen atoms in total. The smallest absolute Gasteiger partial charge is 0.237 e. The van der Waals surface area contributed by atoms with Crippen molar-refractivity contribution in [1.29, 1.82) is 0 Å². The molecular weight excluding hydrogens is 310 g/mol. The van der Waals surface area contributed by atoms with Crippen molar-refractivity contribution in [3.05, 3.63) is 47.6 Å². The van der Waals surface area contributed by atoms with Crippen molar-refractivity contribution >= 4 is 29.2 Å². The first-order valence-electron chi connectivity index (χ1n) is 6.01. The average molecular weight is 320 g/mol. The summed E-state index contributed by atoms with van der Waals surface area (Å²) in [5.41, 5.74) is 6.46. The lowest BCUT2D eigenvalue weighted by Gasteiger charge is -1.99. The number of anilines is 1. The van der Waals surface area contributed by atoms with Crippen LogP contribution < -0.4 is 5.73 Å². The predicted octanol–water partition coefficient (Wildman–Crippen LogP) is 3.05. The molecular formula is C13H10ClN5OS. The largest absolute Gasteiger partial charge is 0.381 e. The van der Waals surface area contributed by atoms with Crippen molar-refractivity contribution in [1.82, 2.24) is 20.1 Å². The number of hydrogen-bond donors (Lipinski definition) is 1. The Morgan fingerprint density at radius 1 is 1.19 bits per heavy atom. The summed E-state index contributed by atoms with van der Waals surface area (Å²) >= 11 is 7.49. The molecule has 2 aromatic heterocycles. The number of nitrogens with two attached hydrogens (primary N) is 1. The minimum Gasteiger partial charge on any atom is -0.381 e. The second-order valence-electron chi connectivity index (χ2n) is 4.03. The van der Waals surface area contributed by atoms with Gasteiger partial charge in [0, 0.05) is 18.0 Å². The average Bonchev–Trinajstić information content (AvgIpc) is 2.96. The molecule has 0 amide bonds. The van der Waals surface area contributed by atoms with Crippen molar-refractivity contribution < 1.29 is 4.52 Å². The van der Waals surface area contributed by atoms with Crippen LogP contribution in [0, 0.1) is 0 Å². The van der Waals surface area contributed by atoms with Gasteiger partial charge in [-0.2, -0.15) is 4.98 Å². The molecule has 0 bridgehead atoms. The van der Waals surface area contributed by atoms with E-state index in [1.165, 1.54) is 11.8 Å². The van der Waals surface area contributed by atoms with Gasteiger partial charge in [-0.3, -0.25) is 0 Å². The summed E-state index contributed by atoms with van der Waals surface area (Å²) in [4.78, 5) is 12.4. The fourth-order valence-corrected chi connectivity index (χ4v) is 2.58. The van der Waals surface area contributed by atoms with Crippen LogP contribution in [0.15, 0.2) is 46.2 Å². The van der Waals surface area contributed by atoms with Gasteiger partial charge in [0.05, 0.1) is 10.8 Å². The molecule has 0 unspecified atom stereocenters. The lowest BCUT2D eigenvalue weighted by atomic mass is 10.2. The monoisotopic (exact) mass is 319 g/mol. The Balaban J connectivity index is 1.74. The summed E-state index contributed by atoms with van der Waals surface area (Å²) in [5, 5.41) is 5.14. The second kappa shape index (κ2) is 6.11. The zero-order valence-electron chi connectivity index (χ0n) is 10.7. The molecule has 0 aliphatic heterocycles. The Hall–Kier alpha value is -2.12. The fourth-order valence-electron chi connectivity index (χ4n) is 1.64. The molecule has 0 saturated heterocycles. The Morgan fingerprint density at radius 2 is 2.00 bits per heavy atom. The highest BCUT2D eigenvalue weighted by molar-refractivity contribution is 7.98. The van der Waals surface area contributed by atoms with Gasteiger partial charge >= 0.3 is 0 Å². The molecule has 2 heterocycles. The van der Waals surface area contributed by atoms with Crippen LogP contribution in [-0.4, -0.2) is 20.1 Å². The van der Waals surface area contributed by atoms with Crippen LogP contribution >= 0.6 is 23.4 Å². The van der Waals surface area contributed by atoms with Crippen molar-refractivity contribution in [3.8, 4) is 11.4 Å². The van der Waals surface area contributed by atoms with E-state index in [4.69, 9.17) is 21.9 Å². The molecule has 106 valence electrons. The highest BCUT2D eigenvalue weighted by Gasteiger charge is 2.12. The van der Waals surface area contributed by atoms with Gasteiger partial charge in [0.15, 0.2) is 5.82 Å². The van der Waals surface area contributed by atoms with Crippen molar-refractivity contribution in [2.24, 2.45) is 0 Å². The first-order valence-corrected chi connectivity index (χ1v) is 7.37. The van der Waals surface area contributed by atoms with Crippen LogP contribution in [0.25, 0.3) is 11.4 Å². The van der Waals surface area contributed by atoms with E-state index in [2.05, 4.69) is 20.1 Å². The van der Waals surface area contributed by atoms with E-state index in [0.717, 1.165) is 5.56 Å². The number of thioether (sulfide) groups is 1. The maximum Gasteiger partial charge on any atom is 0.237 e. The van der Waals surface area contributed by atoms with Crippen molar-refractivity contribution in [2.45, 2.75) is 10.8 Å². The Labute approximate surface area is 129 Å². The van der Waals surface area contributed by atoms with E-state index in [0.29, 0.717) is 33.3 Å². The molecule has 0 atom stereocenters. The summed E-state index contributed by atoms with van der Waals surface area (Å²) in [6.45, 7) is 0. The predicted molar refractivity (Wildman–Crippen MR) is 80.7 cm³/mol. The number of nitrogens with zero attached hydrogens (tertiary/aromatic N) is 4. The molecule has 21 heavy (non-hydrogen) atoms. The standard InChI is InChI=1S/C13H10ClN5OS/c14-9-4-2-1-3-8(9)12-18-10(20-19-12)7-21-13-11(15)16-5-6-17-13/h1-6H,7H2,(H2,15,16). The third-order valence-corrected chi connectivity index (χ3v) is 3.92. The van der Waals surface area contributed by atoms with Gasteiger partial charge in [-0.15, -0.1) is 0 Å². The highest BCUT2D eigenvalue weighted by Crippen LogP contribution is 2.27. The number of halogens is 1. The molecule has 0 aliphatic carbocycles. The van der Waals surface area contributed by atoms with Crippen LogP contribution in [0.2, 0.25) is 5.02 Å². The molecule has 2 N–H and O–H groups in total. The number of aromatic nitrogens is 4. The summed E-state index contributed by atoms with van der Waals surface area (Å²) in [5.74, 6) is 1.78. The zero-order valence-corrected chi connectivity index (χ0v) is 12.3. The van der Waals surface area contributed by atoms with E-state index in [-0.39, 0.29) is 0 Å². The molecule has 0 saturated carbocycles. The molecule has 0 spiro atoms. The van der Waals surface area contributed by atoms with E-state index in [9.17, 15) is 0 Å². The fraction of sp³-hybridized carbons (Fsp3) is 0.0769. The van der Waals surface area contributed by atoms with Gasteiger partial charge in [0.2, 0.25) is 11.7 Å². The van der Waals surface area contributed by atoms with Crippen LogP contribution in [0.3, 0.4) is 0 Å². The van der Waals surface area contributed by atoms with E-state index in [1.807, 2.05) is 18.2 Å². The minimum absolute atomic E-state index is 0.383. The highest BCUT2D eigenvalue weighted by atomic mass is 35.5. The topological polar surface area (TPSA) is 90.7 Å². The zero-order chi connectivity index (χ0) is 14.7. The third kappa shape index (κ3) is 3.14. The maximum absolute atomic E-state index is 6.10. The third-order valence-electron chi connectivity index (χ3n) is 2.61. The molecule has 3 aromatic rings. The Morgan fingerprint density at radius 3 is 2.81 bits per heavy atom. The van der Waals surface area contributed by atoms with Gasteiger partial charge in [0.25, 0.3) is 0 Å². The normalized spacial score (nSPS) is 10.7. The summed E-state index contributed by atoms with van der Waals surface area (Å²) < 4.78 is 5.21. The second-order valence-corrected chi connectivity index (χ2v) is 5.40. The SMILES string of the molecule is Nc1nccnc1SCc1nc(-c2ccccc2Cl)no1. The summed E-state index contributed by atoms with van der Waals surface area (Å²) in [7, 11) is 0. The molecule has 3 rings (SSSR count). The van der Waals surface area contributed by atoms with Gasteiger partial charge in [-0.25, -0.2) is 9.97 Å². The van der Waals surface area contributed by atoms with Crippen LogP contribution in [-0.2, 0) is 5.75 Å². The van der Waals surface area contributed by atoms with Gasteiger partial charge < -0.3 is 10.3 Å². The van der Waals surface area contributed by atoms with Crippen LogP contribution in [0.5, 0.6) is 0 Å². The first-order chi connectivity index (χ1) is 10.2. The number of rotatable bonds is 4. The molecule has 1 aromatic carbocycles. The van der Waals surface area contributed by atoms with E-state index >= 15 is 0 Å². The lowest BCUT2D eigenvalue weighted by Crippen LogP contribution is -1.95. The molecule has 0 radical (unpaired) electrons. The van der Waals surface area contributed by atoms with Crippen LogP contribution in [0.4, 0.5) is 5.82 Å². The molecule has 0 aliphatic rings. The lowest BCUT2D eigenvalue weighted by molar-refractivity contribution is 0.391. The summed E-state index contributed by atoms with van der Waals surface area (Å²) in [6.07, 6.45) is 3.13. The van der Waals surface area contributed by atoms with Gasteiger partial charge in [-0.1, -0.05) is 40.7 Å². The number of nitrogen functional groups attached to an aromatic ring is 1. The molecule has 8 heteroatoms. The van der Waals surface area contributed by atoms with Gasteiger partial charge in [-0.05, 0) is 12.1 Å². The van der Waals surface area contributed by atoms with Gasteiger partial charge in [0.1, 0.15) is 5.03 Å². The first kappa shape index (κ1) is 13.8. The van der Waals surface area contributed by atoms with Crippen molar-refractivity contribution in [2.75, 3.05) is 5.73 Å². The van der Waals surface area contributed by atoms with Crippen LogP contribution in [0.1, 0.15) is 5.89 Å². The molecule has 0 fully saturated rings. The Kier molecular flexibility index (Phi) is 4.03. The minimum atomic E-state index is 0.383. The number of benzene rings is 1. The number of hydrogen-bond acceptors (Lipinski definition) is 7. The van der Waals surface area contributed by atoms with E-state index < -0.39 is 0 Å². The quantitative estimate of drug-likeness (QED) is 0.739. The maximum atomic E-state index is 6.10. The van der Waals surface area contributed by atoms with Crippen molar-refractivity contribution in [3.63, 3.8) is 0 Å². The summed E-state index contributed by atoms with van der Waals surface area (Å²) in [6, 6.07) is 7.33. The van der Waals surface area contributed by atoms with E-state index in [1.54, 1.807) is 18.5 Å². The Bertz CT molecular complexity index is 764.